The van der Waals surface area contributed by atoms with E-state index in [2.05, 4.69) is 15.3 Å². The number of unbranched alkanes of at least 4 members (excludes halogenated alkanes) is 1. The average molecular weight is 673 g/mol. The first-order valence-corrected chi connectivity index (χ1v) is 17.5. The predicted octanol–water partition coefficient (Wildman–Crippen LogP) is 3.13. The maximum Gasteiger partial charge on any atom is 0.410 e. The van der Waals surface area contributed by atoms with Crippen molar-refractivity contribution in [2.24, 2.45) is 11.8 Å². The lowest BCUT2D eigenvalue weighted by Gasteiger charge is -2.44. The number of nitrogens with zero attached hydrogens (tertiary/aromatic N) is 6. The number of amides is 2. The zero-order valence-corrected chi connectivity index (χ0v) is 29.7. The van der Waals surface area contributed by atoms with Gasteiger partial charge in [-0.15, -0.1) is 16.4 Å². The van der Waals surface area contributed by atoms with Crippen molar-refractivity contribution < 1.29 is 33.8 Å². The summed E-state index contributed by atoms with van der Waals surface area (Å²) in [6, 6.07) is -1.19. The summed E-state index contributed by atoms with van der Waals surface area (Å²) >= 11 is 1.49. The van der Waals surface area contributed by atoms with Crippen LogP contribution in [0.15, 0.2) is 17.8 Å². The van der Waals surface area contributed by atoms with Gasteiger partial charge in [-0.1, -0.05) is 19.1 Å². The summed E-state index contributed by atoms with van der Waals surface area (Å²) in [5, 5.41) is 22.5. The molecule has 0 unspecified atom stereocenters. The maximum absolute atomic E-state index is 13.6. The number of ether oxygens (including phenoxy) is 2. The fourth-order valence-electron chi connectivity index (χ4n) is 7.10. The lowest BCUT2D eigenvalue weighted by atomic mass is 9.67. The van der Waals surface area contributed by atoms with E-state index < -0.39 is 53.2 Å². The van der Waals surface area contributed by atoms with Crippen LogP contribution in [0.25, 0.3) is 10.7 Å². The Morgan fingerprint density at radius 2 is 1.87 bits per heavy atom. The molecule has 2 amide bonds. The van der Waals surface area contributed by atoms with Crippen molar-refractivity contribution in [2.45, 2.75) is 122 Å². The summed E-state index contributed by atoms with van der Waals surface area (Å²) in [4.78, 5) is 61.1. The van der Waals surface area contributed by atoms with Gasteiger partial charge in [-0.05, 0) is 65.1 Å². The van der Waals surface area contributed by atoms with Crippen molar-refractivity contribution in [3.63, 3.8) is 0 Å². The van der Waals surface area contributed by atoms with Crippen molar-refractivity contribution in [1.82, 2.24) is 29.8 Å². The Morgan fingerprint density at radius 1 is 1.17 bits per heavy atom. The molecule has 4 rings (SSSR count). The lowest BCUT2D eigenvalue weighted by molar-refractivity contribution is -0.171. The molecule has 4 heterocycles. The molecule has 8 atom stereocenters. The molecule has 1 N–H and O–H groups in total. The maximum atomic E-state index is 13.6. The Bertz CT molecular complexity index is 1420. The van der Waals surface area contributed by atoms with E-state index in [4.69, 9.17) is 9.47 Å². The van der Waals surface area contributed by atoms with Gasteiger partial charge in [0.05, 0.1) is 23.9 Å². The molecule has 2 aromatic heterocycles. The van der Waals surface area contributed by atoms with Crippen molar-refractivity contribution in [3.05, 3.63) is 17.8 Å². The van der Waals surface area contributed by atoms with Gasteiger partial charge in [-0.2, -0.15) is 0 Å². The molecular formula is C32H49BN6O7S. The molecule has 15 heteroatoms. The summed E-state index contributed by atoms with van der Waals surface area (Å²) < 4.78 is 13.9. The monoisotopic (exact) mass is 672 g/mol. The van der Waals surface area contributed by atoms with Crippen LogP contribution in [0.5, 0.6) is 0 Å². The largest absolute Gasteiger partial charge is 0.458 e. The standard InChI is InChI=1S/C32H49BN6O7S/c1-8-26-32(7)27(38(30(43)46-32)13-10-9-12-37-18-23(35-36-37)28-34-11-14-47-28)21(4)39(22(5)40)17-19(2)16-31(6,44)25(33)15-24(41)20(3)29(42)45-26/h11,14,18-21,25-27,44H,8-10,12-13,15-17,33H2,1-7H3/t19-,20-,21-,25-,26-,27-,31+,32-/m1/s1. The van der Waals surface area contributed by atoms with E-state index in [1.807, 2.05) is 32.3 Å². The summed E-state index contributed by atoms with van der Waals surface area (Å²) in [6.07, 6.45) is 4.10. The fraction of sp³-hybridized carbons (Fsp3) is 0.719. The number of ketones is 1. The number of carbonyl (C=O) groups is 4. The number of esters is 1. The number of cyclic esters (lactones) is 1. The molecule has 2 aliphatic heterocycles. The number of thiazole rings is 1. The van der Waals surface area contributed by atoms with E-state index in [1.165, 1.54) is 25.2 Å². The first-order chi connectivity index (χ1) is 22.1. The molecule has 0 aromatic carbocycles. The van der Waals surface area contributed by atoms with Gasteiger partial charge in [0.1, 0.15) is 36.4 Å². The number of hydrogen-bond donors (Lipinski definition) is 1. The van der Waals surface area contributed by atoms with Crippen LogP contribution in [0.3, 0.4) is 0 Å². The zero-order valence-electron chi connectivity index (χ0n) is 28.8. The van der Waals surface area contributed by atoms with Crippen LogP contribution < -0.4 is 0 Å². The molecule has 2 saturated heterocycles. The topological polar surface area (TPSA) is 157 Å². The van der Waals surface area contributed by atoms with Crippen LogP contribution in [0, 0.1) is 11.8 Å². The third-order valence-corrected chi connectivity index (χ3v) is 10.8. The van der Waals surface area contributed by atoms with Gasteiger partial charge in [0.2, 0.25) is 5.91 Å². The van der Waals surface area contributed by atoms with E-state index in [1.54, 1.807) is 42.4 Å². The van der Waals surface area contributed by atoms with E-state index in [0.29, 0.717) is 51.0 Å². The van der Waals surface area contributed by atoms with Gasteiger partial charge in [0.15, 0.2) is 5.60 Å². The lowest BCUT2D eigenvalue weighted by Crippen LogP contribution is -2.62. The minimum absolute atomic E-state index is 0.00306. The highest BCUT2D eigenvalue weighted by molar-refractivity contribution is 7.13. The van der Waals surface area contributed by atoms with E-state index in [0.717, 1.165) is 5.01 Å². The average Bonchev–Trinajstić information content (AvgIpc) is 3.75. The zero-order chi connectivity index (χ0) is 34.7. The SMILES string of the molecule is B[C@@H]1CC(=O)[C@@H](C)C(=O)O[C@H](CC)[C@@]2(C)OC(=O)N(CCCCn3cc(-c4nccs4)nn3)[C@@H]2[C@@H](C)N(C(C)=O)C[C@H](C)C[C@]1(C)O. The summed E-state index contributed by atoms with van der Waals surface area (Å²) in [5.41, 5.74) is -1.82. The van der Waals surface area contributed by atoms with Gasteiger partial charge in [-0.25, -0.2) is 9.78 Å². The predicted molar refractivity (Wildman–Crippen MR) is 178 cm³/mol. The highest BCUT2D eigenvalue weighted by Gasteiger charge is 2.59. The number of aryl methyl sites for hydroxylation is 1. The first kappa shape index (κ1) is 36.5. The second kappa shape index (κ2) is 14.8. The number of fused-ring (bicyclic) bond motifs is 1. The Labute approximate surface area is 281 Å². The molecule has 0 spiro atoms. The molecule has 0 aliphatic carbocycles. The minimum Gasteiger partial charge on any atom is -0.458 e. The number of aromatic nitrogens is 4. The van der Waals surface area contributed by atoms with Crippen molar-refractivity contribution >= 4 is 42.9 Å². The molecule has 0 radical (unpaired) electrons. The second-order valence-corrected chi connectivity index (χ2v) is 14.7. The van der Waals surface area contributed by atoms with Crippen LogP contribution in [-0.2, 0) is 30.4 Å². The van der Waals surface area contributed by atoms with Crippen LogP contribution in [-0.4, -0.2) is 109 Å². The normalized spacial score (nSPS) is 32.7. The van der Waals surface area contributed by atoms with Crippen LogP contribution in [0.4, 0.5) is 4.79 Å². The van der Waals surface area contributed by atoms with Crippen LogP contribution in [0.1, 0.15) is 80.6 Å². The second-order valence-electron chi connectivity index (χ2n) is 13.8. The van der Waals surface area contributed by atoms with Crippen molar-refractivity contribution in [1.29, 1.82) is 0 Å². The van der Waals surface area contributed by atoms with Gasteiger partial charge in [0, 0.05) is 44.6 Å². The first-order valence-electron chi connectivity index (χ1n) is 16.6. The highest BCUT2D eigenvalue weighted by Crippen LogP contribution is 2.40. The van der Waals surface area contributed by atoms with Crippen molar-refractivity contribution in [3.8, 4) is 10.7 Å². The van der Waals surface area contributed by atoms with E-state index in [9.17, 15) is 24.3 Å². The molecule has 2 aromatic rings. The molecule has 13 nitrogen and oxygen atoms in total. The van der Waals surface area contributed by atoms with E-state index in [-0.39, 0.29) is 24.0 Å². The summed E-state index contributed by atoms with van der Waals surface area (Å²) in [7, 11) is 1.80. The van der Waals surface area contributed by atoms with Gasteiger partial charge >= 0.3 is 12.1 Å². The number of rotatable bonds is 7. The summed E-state index contributed by atoms with van der Waals surface area (Å²) in [6.45, 7) is 13.4. The van der Waals surface area contributed by atoms with Crippen LogP contribution >= 0.6 is 11.3 Å². The van der Waals surface area contributed by atoms with Crippen LogP contribution in [0.2, 0.25) is 5.82 Å². The fourth-order valence-corrected chi connectivity index (χ4v) is 7.69. The Hall–Kier alpha value is -3.33. The Balaban J connectivity index is 1.62. The van der Waals surface area contributed by atoms with Crippen molar-refractivity contribution in [2.75, 3.05) is 13.1 Å². The third kappa shape index (κ3) is 8.05. The molecule has 2 aliphatic rings. The third-order valence-electron chi connectivity index (χ3n) is 9.99. The minimum atomic E-state index is -1.31. The number of hydrogen-bond acceptors (Lipinski definition) is 11. The Morgan fingerprint density at radius 3 is 2.51 bits per heavy atom. The molecule has 0 bridgehead atoms. The van der Waals surface area contributed by atoms with Gasteiger partial charge in [0.25, 0.3) is 0 Å². The number of Topliss-reactive ketones (excluding diaryl/α,β-unsaturated/α-hetero) is 1. The van der Waals surface area contributed by atoms with E-state index >= 15 is 0 Å². The Kier molecular flexibility index (Phi) is 11.5. The van der Waals surface area contributed by atoms with Gasteiger partial charge in [-0.3, -0.25) is 24.0 Å². The molecular weight excluding hydrogens is 623 g/mol. The molecule has 47 heavy (non-hydrogen) atoms. The quantitative estimate of drug-likeness (QED) is 0.201. The summed E-state index contributed by atoms with van der Waals surface area (Å²) in [5.74, 6) is -2.82. The highest BCUT2D eigenvalue weighted by atomic mass is 32.1. The number of aliphatic hydroxyl groups is 1. The smallest absolute Gasteiger partial charge is 0.410 e. The molecule has 258 valence electrons. The number of carbonyl (C=O) groups excluding carboxylic acids is 4. The molecule has 2 fully saturated rings. The molecule has 0 saturated carbocycles. The van der Waals surface area contributed by atoms with Gasteiger partial charge < -0.3 is 19.5 Å².